The van der Waals surface area contributed by atoms with Crippen molar-refractivity contribution in [3.8, 4) is 12.3 Å². The predicted molar refractivity (Wildman–Crippen MR) is 43.1 cm³/mol. The zero-order valence-electron chi connectivity index (χ0n) is 6.92. The molecule has 4 nitrogen and oxygen atoms in total. The van der Waals surface area contributed by atoms with Crippen LogP contribution in [0.15, 0.2) is 0 Å². The van der Waals surface area contributed by atoms with Crippen molar-refractivity contribution < 1.29 is 14.3 Å². The molecule has 0 bridgehead atoms. The fourth-order valence-corrected chi connectivity index (χ4v) is 0.555. The zero-order chi connectivity index (χ0) is 9.40. The third-order valence-electron chi connectivity index (χ3n) is 0.998. The molecule has 0 spiro atoms. The molecule has 0 saturated carbocycles. The molecule has 0 aromatic rings. The van der Waals surface area contributed by atoms with Crippen molar-refractivity contribution in [2.45, 2.75) is 13.3 Å². The third-order valence-corrected chi connectivity index (χ3v) is 0.998. The number of nitrogens with one attached hydrogen (secondary N) is 1. The van der Waals surface area contributed by atoms with Gasteiger partial charge in [0.2, 0.25) is 5.91 Å². The van der Waals surface area contributed by atoms with E-state index in [1.54, 1.807) is 6.92 Å². The standard InChI is InChI=1S/C8H11NO3/c1-3-5-9-7(10)6-8(11)12-4-2/h1H,4-6H2,2H3,(H,9,10). The van der Waals surface area contributed by atoms with Crippen molar-refractivity contribution in [1.82, 2.24) is 5.32 Å². The van der Waals surface area contributed by atoms with E-state index >= 15 is 0 Å². The summed E-state index contributed by atoms with van der Waals surface area (Å²) in [5.74, 6) is 1.27. The Bertz CT molecular complexity index is 205. The number of amides is 1. The summed E-state index contributed by atoms with van der Waals surface area (Å²) in [5, 5.41) is 2.35. The van der Waals surface area contributed by atoms with Crippen LogP contribution in [0.4, 0.5) is 0 Å². The molecule has 0 rings (SSSR count). The zero-order valence-corrected chi connectivity index (χ0v) is 6.92. The molecule has 1 amide bonds. The van der Waals surface area contributed by atoms with Crippen LogP contribution < -0.4 is 5.32 Å². The lowest BCUT2D eigenvalue weighted by Crippen LogP contribution is -2.26. The summed E-state index contributed by atoms with van der Waals surface area (Å²) in [5.41, 5.74) is 0. The van der Waals surface area contributed by atoms with E-state index in [1.165, 1.54) is 0 Å². The Morgan fingerprint density at radius 3 is 2.75 bits per heavy atom. The highest BCUT2D eigenvalue weighted by Gasteiger charge is 2.08. The molecule has 0 atom stereocenters. The number of ether oxygens (including phenoxy) is 1. The van der Waals surface area contributed by atoms with Gasteiger partial charge < -0.3 is 10.1 Å². The Balaban J connectivity index is 3.56. The number of hydrogen-bond donors (Lipinski definition) is 1. The van der Waals surface area contributed by atoms with Crippen molar-refractivity contribution in [1.29, 1.82) is 0 Å². The molecular weight excluding hydrogens is 158 g/mol. The number of rotatable bonds is 4. The van der Waals surface area contributed by atoms with Crippen molar-refractivity contribution in [2.75, 3.05) is 13.2 Å². The quantitative estimate of drug-likeness (QED) is 0.357. The highest BCUT2D eigenvalue weighted by atomic mass is 16.5. The van der Waals surface area contributed by atoms with Crippen LogP contribution in [0.5, 0.6) is 0 Å². The number of esters is 1. The summed E-state index contributed by atoms with van der Waals surface area (Å²) < 4.78 is 4.54. The number of carbonyl (C=O) groups excluding carboxylic acids is 2. The first kappa shape index (κ1) is 10.5. The molecule has 0 aliphatic rings. The minimum Gasteiger partial charge on any atom is -0.466 e. The number of hydrogen-bond acceptors (Lipinski definition) is 3. The van der Waals surface area contributed by atoms with Gasteiger partial charge in [-0.05, 0) is 6.92 Å². The smallest absolute Gasteiger partial charge is 0.315 e. The van der Waals surface area contributed by atoms with Crippen molar-refractivity contribution in [2.24, 2.45) is 0 Å². The first-order valence-electron chi connectivity index (χ1n) is 3.56. The normalized spacial score (nSPS) is 8.33. The molecule has 4 heteroatoms. The average molecular weight is 169 g/mol. The summed E-state index contributed by atoms with van der Waals surface area (Å²) in [6, 6.07) is 0. The van der Waals surface area contributed by atoms with Gasteiger partial charge in [0.05, 0.1) is 13.2 Å². The van der Waals surface area contributed by atoms with E-state index in [0.29, 0.717) is 0 Å². The average Bonchev–Trinajstić information content (AvgIpc) is 2.01. The largest absolute Gasteiger partial charge is 0.466 e. The maximum atomic E-state index is 10.8. The maximum Gasteiger partial charge on any atom is 0.315 e. The summed E-state index contributed by atoms with van der Waals surface area (Å²) >= 11 is 0. The Kier molecular flexibility index (Phi) is 5.45. The van der Waals surface area contributed by atoms with Crippen LogP contribution in [-0.4, -0.2) is 25.0 Å². The van der Waals surface area contributed by atoms with Crippen LogP contribution >= 0.6 is 0 Å². The molecule has 0 saturated heterocycles. The molecule has 0 aliphatic heterocycles. The van der Waals surface area contributed by atoms with Crippen molar-refractivity contribution >= 4 is 11.9 Å². The van der Waals surface area contributed by atoms with Gasteiger partial charge in [-0.3, -0.25) is 9.59 Å². The molecule has 1 N–H and O–H groups in total. The van der Waals surface area contributed by atoms with Crippen LogP contribution in [0.25, 0.3) is 0 Å². The SMILES string of the molecule is C#CCNC(=O)CC(=O)OCC. The van der Waals surface area contributed by atoms with E-state index in [1.807, 2.05) is 0 Å². The fourth-order valence-electron chi connectivity index (χ4n) is 0.555. The van der Waals surface area contributed by atoms with Crippen LogP contribution in [0.3, 0.4) is 0 Å². The molecule has 0 unspecified atom stereocenters. The summed E-state index contributed by atoms with van der Waals surface area (Å²) in [4.78, 5) is 21.5. The van der Waals surface area contributed by atoms with E-state index in [0.717, 1.165) is 0 Å². The molecule has 0 aliphatic carbocycles. The predicted octanol–water partition coefficient (Wildman–Crippen LogP) is -0.311. The van der Waals surface area contributed by atoms with Gasteiger partial charge in [0.1, 0.15) is 6.42 Å². The van der Waals surface area contributed by atoms with Gasteiger partial charge in [-0.2, -0.15) is 0 Å². The molecule has 0 heterocycles. The molecule has 12 heavy (non-hydrogen) atoms. The summed E-state index contributed by atoms with van der Waals surface area (Å²) in [6.07, 6.45) is 4.62. The second-order valence-corrected chi connectivity index (χ2v) is 1.96. The lowest BCUT2D eigenvalue weighted by Gasteiger charge is -2.00. The van der Waals surface area contributed by atoms with E-state index in [-0.39, 0.29) is 19.6 Å². The number of carbonyl (C=O) groups is 2. The summed E-state index contributed by atoms with van der Waals surface area (Å²) in [6.45, 7) is 2.09. The molecule has 0 fully saturated rings. The fraction of sp³-hybridized carbons (Fsp3) is 0.500. The van der Waals surface area contributed by atoms with Gasteiger partial charge in [-0.1, -0.05) is 5.92 Å². The van der Waals surface area contributed by atoms with Gasteiger partial charge >= 0.3 is 5.97 Å². The van der Waals surface area contributed by atoms with E-state index in [9.17, 15) is 9.59 Å². The molecule has 0 aromatic heterocycles. The first-order chi connectivity index (χ1) is 5.70. The summed E-state index contributed by atoms with van der Waals surface area (Å²) in [7, 11) is 0. The van der Waals surface area contributed by atoms with E-state index < -0.39 is 11.9 Å². The molecule has 0 radical (unpaired) electrons. The third kappa shape index (κ3) is 5.30. The highest BCUT2D eigenvalue weighted by Crippen LogP contribution is 1.85. The van der Waals surface area contributed by atoms with Gasteiger partial charge in [-0.15, -0.1) is 6.42 Å². The van der Waals surface area contributed by atoms with Gasteiger partial charge in [-0.25, -0.2) is 0 Å². The van der Waals surface area contributed by atoms with Crippen LogP contribution in [0, 0.1) is 12.3 Å². The Morgan fingerprint density at radius 1 is 1.58 bits per heavy atom. The topological polar surface area (TPSA) is 55.4 Å². The minimum absolute atomic E-state index is 0.137. The van der Waals surface area contributed by atoms with Crippen LogP contribution in [0.1, 0.15) is 13.3 Å². The first-order valence-corrected chi connectivity index (χ1v) is 3.56. The van der Waals surface area contributed by atoms with Gasteiger partial charge in [0.15, 0.2) is 0 Å². The van der Waals surface area contributed by atoms with Gasteiger partial charge in [0, 0.05) is 0 Å². The molecule has 0 aromatic carbocycles. The lowest BCUT2D eigenvalue weighted by atomic mass is 10.4. The minimum atomic E-state index is -0.535. The lowest BCUT2D eigenvalue weighted by molar-refractivity contribution is -0.145. The van der Waals surface area contributed by atoms with Crippen molar-refractivity contribution in [3.63, 3.8) is 0 Å². The van der Waals surface area contributed by atoms with E-state index in [4.69, 9.17) is 6.42 Å². The highest BCUT2D eigenvalue weighted by molar-refractivity contribution is 5.94. The maximum absolute atomic E-state index is 10.8. The van der Waals surface area contributed by atoms with E-state index in [2.05, 4.69) is 16.0 Å². The second-order valence-electron chi connectivity index (χ2n) is 1.96. The monoisotopic (exact) mass is 169 g/mol. The Morgan fingerprint density at radius 2 is 2.25 bits per heavy atom. The Hall–Kier alpha value is -1.50. The van der Waals surface area contributed by atoms with Crippen molar-refractivity contribution in [3.05, 3.63) is 0 Å². The molecule has 66 valence electrons. The second kappa shape index (κ2) is 6.23. The van der Waals surface area contributed by atoms with Gasteiger partial charge in [0.25, 0.3) is 0 Å². The Labute approximate surface area is 71.3 Å². The number of terminal acetylenes is 1. The van der Waals surface area contributed by atoms with Crippen LogP contribution in [-0.2, 0) is 14.3 Å². The van der Waals surface area contributed by atoms with Crippen LogP contribution in [0.2, 0.25) is 0 Å². The molecular formula is C8H11NO3.